The van der Waals surface area contributed by atoms with E-state index in [9.17, 15) is 30.3 Å². The topological polar surface area (TPSA) is 128 Å². The molecule has 0 saturated carbocycles. The summed E-state index contributed by atoms with van der Waals surface area (Å²) in [6.45, 7) is 4.78. The number of phenols is 2. The van der Waals surface area contributed by atoms with Gasteiger partial charge in [-0.1, -0.05) is 0 Å². The summed E-state index contributed by atoms with van der Waals surface area (Å²) in [6, 6.07) is 1.70. The Hall–Kier alpha value is -2.87. The summed E-state index contributed by atoms with van der Waals surface area (Å²) in [5.41, 5.74) is 0.110. The van der Waals surface area contributed by atoms with Crippen LogP contribution in [-0.2, 0) is 0 Å². The summed E-state index contributed by atoms with van der Waals surface area (Å²) in [5.74, 6) is -2.54. The Morgan fingerprint density at radius 3 is 2.33 bits per heavy atom. The average Bonchev–Trinajstić information content (AvgIpc) is 2.53. The van der Waals surface area contributed by atoms with E-state index in [1.807, 2.05) is 0 Å². The van der Waals surface area contributed by atoms with Gasteiger partial charge in [0.25, 0.3) is 5.15 Å². The third kappa shape index (κ3) is 2.61. The third-order valence-electron chi connectivity index (χ3n) is 3.93. The Morgan fingerprint density at radius 1 is 1.21 bits per heavy atom. The Kier molecular flexibility index (Phi) is 4.35. The first-order valence-electron chi connectivity index (χ1n) is 6.71. The van der Waals surface area contributed by atoms with Crippen LogP contribution in [0.15, 0.2) is 12.1 Å². The van der Waals surface area contributed by atoms with Gasteiger partial charge in [-0.25, -0.2) is 0 Å². The van der Waals surface area contributed by atoms with Crippen LogP contribution in [0.1, 0.15) is 32.7 Å². The van der Waals surface area contributed by atoms with Gasteiger partial charge >= 0.3 is 5.69 Å². The lowest BCUT2D eigenvalue weighted by Crippen LogP contribution is -2.35. The zero-order valence-electron chi connectivity index (χ0n) is 13.0. The molecule has 0 atom stereocenters. The Balaban J connectivity index is 2.74. The van der Waals surface area contributed by atoms with Gasteiger partial charge in [0.1, 0.15) is 5.56 Å². The molecule has 0 unspecified atom stereocenters. The van der Waals surface area contributed by atoms with E-state index >= 15 is 0 Å². The molecule has 8 nitrogen and oxygen atoms in total. The largest absolute Gasteiger partial charge is 0.617 e. The maximum atomic E-state index is 12.7. The summed E-state index contributed by atoms with van der Waals surface area (Å²) in [6.07, 6.45) is 0. The minimum Gasteiger partial charge on any atom is -0.617 e. The number of phenolic OH excluding ortho intramolecular Hbond substituents is 2. The van der Waals surface area contributed by atoms with Gasteiger partial charge in [0.15, 0.2) is 11.4 Å². The van der Waals surface area contributed by atoms with Gasteiger partial charge in [-0.2, -0.15) is 4.73 Å². The van der Waals surface area contributed by atoms with Crippen molar-refractivity contribution in [3.05, 3.63) is 60.6 Å². The molecule has 0 aliphatic rings. The zero-order chi connectivity index (χ0) is 18.3. The first-order chi connectivity index (χ1) is 11.1. The number of pyridine rings is 1. The fourth-order valence-electron chi connectivity index (χ4n) is 2.30. The number of ketones is 1. The monoisotopic (exact) mass is 352 g/mol. The lowest BCUT2D eigenvalue weighted by atomic mass is 9.96. The Morgan fingerprint density at radius 2 is 1.79 bits per heavy atom. The molecule has 2 aromatic rings. The van der Waals surface area contributed by atoms with E-state index < -0.39 is 27.9 Å². The summed E-state index contributed by atoms with van der Waals surface area (Å²) in [7, 11) is 0. The number of aromatic nitrogens is 1. The summed E-state index contributed by atoms with van der Waals surface area (Å²) >= 11 is 5.98. The lowest BCUT2D eigenvalue weighted by Gasteiger charge is -2.13. The van der Waals surface area contributed by atoms with Crippen LogP contribution in [0.5, 0.6) is 11.5 Å². The molecular weight excluding hydrogens is 340 g/mol. The van der Waals surface area contributed by atoms with Crippen molar-refractivity contribution in [2.45, 2.75) is 20.8 Å². The molecule has 0 aliphatic carbocycles. The van der Waals surface area contributed by atoms with Crippen LogP contribution in [0, 0.1) is 36.1 Å². The van der Waals surface area contributed by atoms with Gasteiger partial charge in [-0.3, -0.25) is 14.9 Å². The van der Waals surface area contributed by atoms with Crippen molar-refractivity contribution in [1.29, 1.82) is 0 Å². The fraction of sp³-hybridized carbons (Fsp3) is 0.200. The zero-order valence-corrected chi connectivity index (χ0v) is 13.7. The number of nitrogens with zero attached hydrogens (tertiary/aromatic N) is 2. The second-order valence-corrected chi connectivity index (χ2v) is 5.60. The van der Waals surface area contributed by atoms with E-state index in [0.29, 0.717) is 21.6 Å². The minimum absolute atomic E-state index is 0.117. The molecule has 126 valence electrons. The van der Waals surface area contributed by atoms with E-state index in [4.69, 9.17) is 11.6 Å². The normalized spacial score (nSPS) is 10.7. The third-order valence-corrected chi connectivity index (χ3v) is 4.27. The number of halogens is 1. The van der Waals surface area contributed by atoms with E-state index in [-0.39, 0.29) is 16.3 Å². The van der Waals surface area contributed by atoms with Gasteiger partial charge in [0, 0.05) is 24.1 Å². The van der Waals surface area contributed by atoms with Gasteiger partial charge in [-0.05, 0) is 37.1 Å². The average molecular weight is 353 g/mol. The summed E-state index contributed by atoms with van der Waals surface area (Å²) in [4.78, 5) is 22.7. The smallest absolute Gasteiger partial charge is 0.315 e. The molecule has 1 aromatic heterocycles. The van der Waals surface area contributed by atoms with Crippen LogP contribution in [0.2, 0.25) is 5.15 Å². The number of rotatable bonds is 3. The van der Waals surface area contributed by atoms with Crippen LogP contribution < -0.4 is 4.73 Å². The number of aromatic hydroxyl groups is 2. The SMILES string of the molecule is Cc1c(C)c(C)[n+]([O-])c(Cl)c1C(=O)c1cc(O)c(O)c([N+](=O)[O-])c1. The second kappa shape index (κ2) is 5.97. The molecule has 0 aliphatic heterocycles. The fourth-order valence-corrected chi connectivity index (χ4v) is 2.65. The summed E-state index contributed by atoms with van der Waals surface area (Å²) in [5, 5.41) is 41.7. The van der Waals surface area contributed by atoms with Crippen LogP contribution in [0.3, 0.4) is 0 Å². The van der Waals surface area contributed by atoms with E-state index in [1.54, 1.807) is 20.8 Å². The number of nitro benzene ring substituents is 1. The number of hydrogen-bond acceptors (Lipinski definition) is 6. The minimum atomic E-state index is -0.946. The van der Waals surface area contributed by atoms with E-state index in [2.05, 4.69) is 0 Å². The molecule has 2 N–H and O–H groups in total. The molecule has 1 heterocycles. The Labute approximate surface area is 141 Å². The van der Waals surface area contributed by atoms with Crippen LogP contribution >= 0.6 is 11.6 Å². The van der Waals surface area contributed by atoms with Crippen LogP contribution in [0.25, 0.3) is 0 Å². The van der Waals surface area contributed by atoms with Crippen molar-refractivity contribution >= 4 is 23.1 Å². The maximum Gasteiger partial charge on any atom is 0.315 e. The number of nitro groups is 1. The molecule has 1 aromatic carbocycles. The van der Waals surface area contributed by atoms with Crippen LogP contribution in [0.4, 0.5) is 5.69 Å². The Bertz CT molecular complexity index is 865. The second-order valence-electron chi connectivity index (χ2n) is 5.24. The van der Waals surface area contributed by atoms with Crippen molar-refractivity contribution in [2.24, 2.45) is 0 Å². The van der Waals surface area contributed by atoms with Gasteiger partial charge < -0.3 is 15.4 Å². The van der Waals surface area contributed by atoms with Gasteiger partial charge in [0.2, 0.25) is 11.5 Å². The van der Waals surface area contributed by atoms with Crippen molar-refractivity contribution in [2.75, 3.05) is 0 Å². The highest BCUT2D eigenvalue weighted by molar-refractivity contribution is 6.33. The van der Waals surface area contributed by atoms with Crippen molar-refractivity contribution in [3.63, 3.8) is 0 Å². The molecule has 0 bridgehead atoms. The number of benzene rings is 1. The first-order valence-corrected chi connectivity index (χ1v) is 7.09. The molecule has 2 rings (SSSR count). The molecule has 0 fully saturated rings. The van der Waals surface area contributed by atoms with Gasteiger partial charge in [-0.15, -0.1) is 0 Å². The highest BCUT2D eigenvalue weighted by atomic mass is 35.5. The van der Waals surface area contributed by atoms with Crippen molar-refractivity contribution in [3.8, 4) is 11.5 Å². The van der Waals surface area contributed by atoms with Crippen molar-refractivity contribution in [1.82, 2.24) is 0 Å². The highest BCUT2D eigenvalue weighted by Gasteiger charge is 2.29. The number of carbonyl (C=O) groups is 1. The lowest BCUT2D eigenvalue weighted by molar-refractivity contribution is -0.610. The molecule has 0 spiro atoms. The highest BCUT2D eigenvalue weighted by Crippen LogP contribution is 2.37. The van der Waals surface area contributed by atoms with E-state index in [1.165, 1.54) is 0 Å². The number of carbonyl (C=O) groups excluding carboxylic acids is 1. The number of hydrogen-bond donors (Lipinski definition) is 2. The van der Waals surface area contributed by atoms with Gasteiger partial charge in [0.05, 0.1) is 4.92 Å². The molecule has 24 heavy (non-hydrogen) atoms. The predicted molar refractivity (Wildman–Crippen MR) is 84.5 cm³/mol. The molecule has 0 radical (unpaired) electrons. The standard InChI is InChI=1S/C15H13ClN2O6/c1-6-7(2)12(15(16)17(22)8(6)3)13(20)9-4-10(18(23)24)14(21)11(19)5-9/h4-5,19,21H,1-3H3. The van der Waals surface area contributed by atoms with Crippen molar-refractivity contribution < 1.29 is 24.7 Å². The molecular formula is C15H13ClN2O6. The predicted octanol–water partition coefficient (Wildman–Crippen LogP) is 2.45. The quantitative estimate of drug-likeness (QED) is 0.166. The maximum absolute atomic E-state index is 12.7. The first kappa shape index (κ1) is 17.5. The molecule has 0 amide bonds. The van der Waals surface area contributed by atoms with E-state index in [0.717, 1.165) is 12.1 Å². The molecule has 9 heteroatoms. The summed E-state index contributed by atoms with van der Waals surface area (Å²) < 4.78 is 0.395. The molecule has 0 saturated heterocycles. The van der Waals surface area contributed by atoms with Crippen LogP contribution in [-0.4, -0.2) is 20.9 Å².